The molecule has 2 saturated carbocycles. The zero-order valence-corrected chi connectivity index (χ0v) is 7.24. The van der Waals surface area contributed by atoms with Crippen LogP contribution in [0.2, 0.25) is 0 Å². The van der Waals surface area contributed by atoms with Crippen molar-refractivity contribution in [3.8, 4) is 0 Å². The molecular weight excluding hydrogens is 120 g/mol. The van der Waals surface area contributed by atoms with Gasteiger partial charge in [0, 0.05) is 0 Å². The fraction of sp³-hybridized carbons (Fsp3) is 1.00. The fourth-order valence-corrected chi connectivity index (χ4v) is 2.82. The third-order valence-electron chi connectivity index (χ3n) is 4.19. The van der Waals surface area contributed by atoms with Gasteiger partial charge in [0.15, 0.2) is 0 Å². The van der Waals surface area contributed by atoms with Crippen LogP contribution in [-0.2, 0) is 0 Å². The zero-order chi connectivity index (χ0) is 7.24. The van der Waals surface area contributed by atoms with Gasteiger partial charge in [-0.1, -0.05) is 13.8 Å². The topological polar surface area (TPSA) is 0 Å². The van der Waals surface area contributed by atoms with Crippen molar-refractivity contribution in [1.82, 2.24) is 0 Å². The zero-order valence-electron chi connectivity index (χ0n) is 7.24. The van der Waals surface area contributed by atoms with Gasteiger partial charge in [-0.3, -0.25) is 0 Å². The van der Waals surface area contributed by atoms with Gasteiger partial charge in [-0.05, 0) is 49.4 Å². The van der Waals surface area contributed by atoms with Gasteiger partial charge in [0.1, 0.15) is 0 Å². The van der Waals surface area contributed by atoms with Crippen molar-refractivity contribution >= 4 is 0 Å². The molecule has 10 heavy (non-hydrogen) atoms. The number of rotatable bonds is 3. The summed E-state index contributed by atoms with van der Waals surface area (Å²) in [4.78, 5) is 0. The molecular formula is C10H18. The highest BCUT2D eigenvalue weighted by molar-refractivity contribution is 5.12. The van der Waals surface area contributed by atoms with Crippen LogP contribution in [0.4, 0.5) is 0 Å². The van der Waals surface area contributed by atoms with E-state index in [1.54, 1.807) is 0 Å². The van der Waals surface area contributed by atoms with Crippen LogP contribution in [0.1, 0.15) is 52.4 Å². The summed E-state index contributed by atoms with van der Waals surface area (Å²) < 4.78 is 0. The largest absolute Gasteiger partial charge is 0.0648 e. The van der Waals surface area contributed by atoms with Crippen molar-refractivity contribution in [1.29, 1.82) is 0 Å². The van der Waals surface area contributed by atoms with Gasteiger partial charge in [0.25, 0.3) is 0 Å². The van der Waals surface area contributed by atoms with E-state index in [-0.39, 0.29) is 0 Å². The molecule has 2 aliphatic rings. The molecule has 0 saturated heterocycles. The number of hydrogen-bond donors (Lipinski definition) is 0. The van der Waals surface area contributed by atoms with Crippen LogP contribution < -0.4 is 0 Å². The lowest BCUT2D eigenvalue weighted by Crippen LogP contribution is -2.15. The molecule has 0 heterocycles. The molecule has 0 nitrogen and oxygen atoms in total. The Kier molecular flexibility index (Phi) is 1.19. The standard InChI is InChI=1S/C10H18/c1-3-9(5-6-9)10(4-2)7-8-10/h3-8H2,1-2H3. The van der Waals surface area contributed by atoms with Gasteiger partial charge in [0.05, 0.1) is 0 Å². The fourth-order valence-electron chi connectivity index (χ4n) is 2.82. The summed E-state index contributed by atoms with van der Waals surface area (Å²) in [6, 6.07) is 0. The lowest BCUT2D eigenvalue weighted by molar-refractivity contribution is 0.261. The van der Waals surface area contributed by atoms with Crippen LogP contribution in [-0.4, -0.2) is 0 Å². The Morgan fingerprint density at radius 1 is 0.800 bits per heavy atom. The predicted molar refractivity (Wildman–Crippen MR) is 43.9 cm³/mol. The Hall–Kier alpha value is 0. The smallest absolute Gasteiger partial charge is 0.0243 e. The highest BCUT2D eigenvalue weighted by Gasteiger charge is 2.62. The molecule has 2 fully saturated rings. The third kappa shape index (κ3) is 0.627. The van der Waals surface area contributed by atoms with E-state index in [9.17, 15) is 0 Å². The molecule has 0 N–H and O–H groups in total. The first-order chi connectivity index (χ1) is 4.79. The summed E-state index contributed by atoms with van der Waals surface area (Å²) in [6.07, 6.45) is 9.05. The van der Waals surface area contributed by atoms with E-state index < -0.39 is 0 Å². The molecule has 0 unspecified atom stereocenters. The Morgan fingerprint density at radius 2 is 1.10 bits per heavy atom. The monoisotopic (exact) mass is 138 g/mol. The first-order valence-corrected chi connectivity index (χ1v) is 4.79. The number of hydrogen-bond acceptors (Lipinski definition) is 0. The normalized spacial score (nSPS) is 31.8. The van der Waals surface area contributed by atoms with Gasteiger partial charge >= 0.3 is 0 Å². The Labute approximate surface area is 64.0 Å². The molecule has 0 amide bonds. The minimum Gasteiger partial charge on any atom is -0.0648 e. The van der Waals surface area contributed by atoms with Crippen LogP contribution in [0, 0.1) is 10.8 Å². The maximum Gasteiger partial charge on any atom is -0.0243 e. The van der Waals surface area contributed by atoms with E-state index in [4.69, 9.17) is 0 Å². The van der Waals surface area contributed by atoms with Crippen LogP contribution in [0.15, 0.2) is 0 Å². The quantitative estimate of drug-likeness (QED) is 0.561. The molecule has 0 aromatic rings. The van der Waals surface area contributed by atoms with Crippen molar-refractivity contribution in [3.05, 3.63) is 0 Å². The van der Waals surface area contributed by atoms with Crippen molar-refractivity contribution in [2.45, 2.75) is 52.4 Å². The predicted octanol–water partition coefficient (Wildman–Crippen LogP) is 3.37. The maximum atomic E-state index is 2.38. The summed E-state index contributed by atoms with van der Waals surface area (Å²) in [5.74, 6) is 0. The molecule has 0 aromatic carbocycles. The first-order valence-electron chi connectivity index (χ1n) is 4.79. The molecule has 2 aliphatic carbocycles. The van der Waals surface area contributed by atoms with Crippen LogP contribution >= 0.6 is 0 Å². The molecule has 0 radical (unpaired) electrons. The van der Waals surface area contributed by atoms with Gasteiger partial charge in [0.2, 0.25) is 0 Å². The second kappa shape index (κ2) is 1.78. The Balaban J connectivity index is 2.10. The van der Waals surface area contributed by atoms with E-state index in [1.807, 2.05) is 0 Å². The van der Waals surface area contributed by atoms with Crippen molar-refractivity contribution in [3.63, 3.8) is 0 Å². The van der Waals surface area contributed by atoms with Crippen LogP contribution in [0.25, 0.3) is 0 Å². The molecule has 0 spiro atoms. The van der Waals surface area contributed by atoms with E-state index >= 15 is 0 Å². The molecule has 2 rings (SSSR count). The first kappa shape index (κ1) is 6.69. The average Bonchev–Trinajstić information content (AvgIpc) is 2.84. The van der Waals surface area contributed by atoms with Gasteiger partial charge < -0.3 is 0 Å². The van der Waals surface area contributed by atoms with Gasteiger partial charge in [-0.15, -0.1) is 0 Å². The van der Waals surface area contributed by atoms with Crippen LogP contribution in [0.5, 0.6) is 0 Å². The second-order valence-electron chi connectivity index (χ2n) is 4.27. The van der Waals surface area contributed by atoms with E-state index in [1.165, 1.54) is 38.5 Å². The van der Waals surface area contributed by atoms with Gasteiger partial charge in [-0.25, -0.2) is 0 Å². The average molecular weight is 138 g/mol. The second-order valence-corrected chi connectivity index (χ2v) is 4.27. The molecule has 0 aliphatic heterocycles. The molecule has 58 valence electrons. The molecule has 0 atom stereocenters. The third-order valence-corrected chi connectivity index (χ3v) is 4.19. The highest BCUT2D eigenvalue weighted by Crippen LogP contribution is 2.73. The van der Waals surface area contributed by atoms with E-state index in [2.05, 4.69) is 13.8 Å². The summed E-state index contributed by atoms with van der Waals surface area (Å²) >= 11 is 0. The lowest BCUT2D eigenvalue weighted by Gasteiger charge is -2.23. The summed E-state index contributed by atoms with van der Waals surface area (Å²) in [5.41, 5.74) is 1.70. The maximum absolute atomic E-state index is 2.38. The summed E-state index contributed by atoms with van der Waals surface area (Å²) in [7, 11) is 0. The minimum atomic E-state index is 0.849. The lowest BCUT2D eigenvalue weighted by atomic mass is 9.81. The molecule has 0 heteroatoms. The molecule has 0 bridgehead atoms. The van der Waals surface area contributed by atoms with Crippen molar-refractivity contribution in [2.24, 2.45) is 10.8 Å². The summed E-state index contributed by atoms with van der Waals surface area (Å²) in [6.45, 7) is 4.76. The molecule has 0 aromatic heterocycles. The summed E-state index contributed by atoms with van der Waals surface area (Å²) in [5, 5.41) is 0. The SMILES string of the molecule is CCC1(C2(CC)CC2)CC1. The Bertz CT molecular complexity index is 120. The highest BCUT2D eigenvalue weighted by atomic mass is 14.7. The van der Waals surface area contributed by atoms with Gasteiger partial charge in [-0.2, -0.15) is 0 Å². The minimum absolute atomic E-state index is 0.849. The van der Waals surface area contributed by atoms with Crippen molar-refractivity contribution in [2.75, 3.05) is 0 Å². The van der Waals surface area contributed by atoms with Crippen molar-refractivity contribution < 1.29 is 0 Å². The Morgan fingerprint density at radius 3 is 1.20 bits per heavy atom. The van der Waals surface area contributed by atoms with E-state index in [0.29, 0.717) is 0 Å². The van der Waals surface area contributed by atoms with Crippen LogP contribution in [0.3, 0.4) is 0 Å². The van der Waals surface area contributed by atoms with E-state index in [0.717, 1.165) is 10.8 Å².